The largest absolute Gasteiger partial charge is 0.378 e. The van der Waals surface area contributed by atoms with Crippen LogP contribution in [0.15, 0.2) is 18.2 Å². The van der Waals surface area contributed by atoms with Crippen molar-refractivity contribution in [3.05, 3.63) is 35.0 Å². The number of benzene rings is 1. The zero-order valence-electron chi connectivity index (χ0n) is 11.9. The lowest BCUT2D eigenvalue weighted by molar-refractivity contribution is 0.123. The highest BCUT2D eigenvalue weighted by molar-refractivity contribution is 5.94. The predicted octanol–water partition coefficient (Wildman–Crippen LogP) is 3.00. The number of fused-ring (bicyclic) bond motifs is 1. The van der Waals surface area contributed by atoms with E-state index in [2.05, 4.69) is 43.9 Å². The summed E-state index contributed by atoms with van der Waals surface area (Å²) in [5.41, 5.74) is 6.12. The number of anilines is 1. The van der Waals surface area contributed by atoms with Crippen LogP contribution in [-0.4, -0.2) is 31.3 Å². The van der Waals surface area contributed by atoms with Gasteiger partial charge in [-0.3, -0.25) is 4.98 Å². The highest BCUT2D eigenvalue weighted by Crippen LogP contribution is 2.30. The summed E-state index contributed by atoms with van der Waals surface area (Å²) in [6, 6.07) is 6.59. The summed E-state index contributed by atoms with van der Waals surface area (Å²) in [5, 5.41) is 1.26. The van der Waals surface area contributed by atoms with Gasteiger partial charge in [-0.25, -0.2) is 0 Å². The van der Waals surface area contributed by atoms with Crippen molar-refractivity contribution < 1.29 is 4.74 Å². The molecule has 0 aliphatic carbocycles. The van der Waals surface area contributed by atoms with Gasteiger partial charge < -0.3 is 9.64 Å². The Balaban J connectivity index is 2.20. The zero-order chi connectivity index (χ0) is 13.4. The van der Waals surface area contributed by atoms with Gasteiger partial charge in [0.25, 0.3) is 0 Å². The fraction of sp³-hybridized carbons (Fsp3) is 0.438. The molecule has 0 saturated carbocycles. The summed E-state index contributed by atoms with van der Waals surface area (Å²) < 4.78 is 5.45. The molecule has 100 valence electrons. The molecule has 1 fully saturated rings. The molecule has 0 bridgehead atoms. The van der Waals surface area contributed by atoms with E-state index in [0.29, 0.717) is 0 Å². The Hall–Kier alpha value is -1.61. The third-order valence-corrected chi connectivity index (χ3v) is 3.96. The van der Waals surface area contributed by atoms with Crippen molar-refractivity contribution in [2.24, 2.45) is 0 Å². The Kier molecular flexibility index (Phi) is 3.15. The summed E-state index contributed by atoms with van der Waals surface area (Å²) in [4.78, 5) is 7.15. The maximum absolute atomic E-state index is 5.45. The van der Waals surface area contributed by atoms with E-state index in [1.807, 2.05) is 0 Å². The molecule has 2 heterocycles. The normalized spacial score (nSPS) is 16.1. The second-order valence-electron chi connectivity index (χ2n) is 5.29. The summed E-state index contributed by atoms with van der Waals surface area (Å²) in [7, 11) is 0. The third kappa shape index (κ3) is 2.19. The lowest BCUT2D eigenvalue weighted by Crippen LogP contribution is -2.36. The van der Waals surface area contributed by atoms with E-state index in [-0.39, 0.29) is 0 Å². The fourth-order valence-corrected chi connectivity index (χ4v) is 2.70. The highest BCUT2D eigenvalue weighted by atomic mass is 16.5. The van der Waals surface area contributed by atoms with Gasteiger partial charge in [-0.05, 0) is 38.0 Å². The van der Waals surface area contributed by atoms with E-state index < -0.39 is 0 Å². The summed E-state index contributed by atoms with van der Waals surface area (Å²) in [6.07, 6.45) is 0. The van der Waals surface area contributed by atoms with Crippen LogP contribution in [0.1, 0.15) is 16.8 Å². The molecule has 1 aliphatic rings. The Morgan fingerprint density at radius 2 is 1.84 bits per heavy atom. The molecule has 1 aliphatic heterocycles. The molecule has 0 radical (unpaired) electrons. The molecule has 0 N–H and O–H groups in total. The van der Waals surface area contributed by atoms with Crippen molar-refractivity contribution in [1.29, 1.82) is 0 Å². The number of rotatable bonds is 1. The van der Waals surface area contributed by atoms with E-state index >= 15 is 0 Å². The van der Waals surface area contributed by atoms with Crippen LogP contribution >= 0.6 is 0 Å². The maximum atomic E-state index is 5.45. The van der Waals surface area contributed by atoms with Crippen molar-refractivity contribution in [3.63, 3.8) is 0 Å². The van der Waals surface area contributed by atoms with Crippen LogP contribution < -0.4 is 4.90 Å². The van der Waals surface area contributed by atoms with E-state index in [0.717, 1.165) is 37.5 Å². The number of aryl methyl sites for hydroxylation is 3. The Labute approximate surface area is 114 Å². The summed E-state index contributed by atoms with van der Waals surface area (Å²) in [5.74, 6) is 0. The van der Waals surface area contributed by atoms with Crippen LogP contribution in [0.3, 0.4) is 0 Å². The van der Waals surface area contributed by atoms with Crippen molar-refractivity contribution in [3.8, 4) is 0 Å². The van der Waals surface area contributed by atoms with E-state index in [4.69, 9.17) is 9.72 Å². The first kappa shape index (κ1) is 12.4. The van der Waals surface area contributed by atoms with Crippen LogP contribution in [0, 0.1) is 20.8 Å². The van der Waals surface area contributed by atoms with Gasteiger partial charge in [-0.15, -0.1) is 0 Å². The summed E-state index contributed by atoms with van der Waals surface area (Å²) >= 11 is 0. The lowest BCUT2D eigenvalue weighted by Gasteiger charge is -2.30. The molecule has 0 atom stereocenters. The maximum Gasteiger partial charge on any atom is 0.0757 e. The van der Waals surface area contributed by atoms with Crippen LogP contribution in [0.5, 0.6) is 0 Å². The van der Waals surface area contributed by atoms with Gasteiger partial charge >= 0.3 is 0 Å². The van der Waals surface area contributed by atoms with E-state index in [9.17, 15) is 0 Å². The quantitative estimate of drug-likeness (QED) is 0.784. The first-order chi connectivity index (χ1) is 9.16. The third-order valence-electron chi connectivity index (χ3n) is 3.96. The monoisotopic (exact) mass is 256 g/mol. The van der Waals surface area contributed by atoms with Gasteiger partial charge in [0.05, 0.1) is 18.7 Å². The number of ether oxygens (including phenoxy) is 1. The molecule has 0 amide bonds. The van der Waals surface area contributed by atoms with Crippen molar-refractivity contribution in [2.45, 2.75) is 20.8 Å². The molecule has 19 heavy (non-hydrogen) atoms. The first-order valence-electron chi connectivity index (χ1n) is 6.87. The van der Waals surface area contributed by atoms with Crippen LogP contribution in [0.4, 0.5) is 5.69 Å². The van der Waals surface area contributed by atoms with Crippen molar-refractivity contribution in [2.75, 3.05) is 31.2 Å². The van der Waals surface area contributed by atoms with Gasteiger partial charge in [0, 0.05) is 29.9 Å². The molecule has 1 saturated heterocycles. The van der Waals surface area contributed by atoms with Gasteiger partial charge in [-0.1, -0.05) is 12.1 Å². The van der Waals surface area contributed by atoms with Crippen LogP contribution in [0.2, 0.25) is 0 Å². The van der Waals surface area contributed by atoms with Gasteiger partial charge in [-0.2, -0.15) is 0 Å². The van der Waals surface area contributed by atoms with Gasteiger partial charge in [0.1, 0.15) is 0 Å². The number of nitrogens with zero attached hydrogens (tertiary/aromatic N) is 2. The molecule has 1 aromatic carbocycles. The van der Waals surface area contributed by atoms with Crippen molar-refractivity contribution in [1.82, 2.24) is 4.98 Å². The second kappa shape index (κ2) is 4.82. The Bertz CT molecular complexity index is 616. The fourth-order valence-electron chi connectivity index (χ4n) is 2.70. The minimum Gasteiger partial charge on any atom is -0.378 e. The molecule has 0 unspecified atom stereocenters. The zero-order valence-corrected chi connectivity index (χ0v) is 11.9. The number of aromatic nitrogens is 1. The van der Waals surface area contributed by atoms with Gasteiger partial charge in [0.2, 0.25) is 0 Å². The van der Waals surface area contributed by atoms with Crippen molar-refractivity contribution >= 4 is 16.6 Å². The van der Waals surface area contributed by atoms with Crippen LogP contribution in [0.25, 0.3) is 10.9 Å². The Morgan fingerprint density at radius 3 is 2.58 bits per heavy atom. The highest BCUT2D eigenvalue weighted by Gasteiger charge is 2.16. The van der Waals surface area contributed by atoms with E-state index in [1.165, 1.54) is 22.2 Å². The predicted molar refractivity (Wildman–Crippen MR) is 79.0 cm³/mol. The number of hydrogen-bond acceptors (Lipinski definition) is 3. The smallest absolute Gasteiger partial charge is 0.0757 e. The van der Waals surface area contributed by atoms with E-state index in [1.54, 1.807) is 0 Å². The number of hydrogen-bond donors (Lipinski definition) is 0. The lowest BCUT2D eigenvalue weighted by atomic mass is 10.0. The van der Waals surface area contributed by atoms with Gasteiger partial charge in [0.15, 0.2) is 0 Å². The standard InChI is InChI=1S/C16H20N2O/c1-11-4-5-14-15(18-6-8-19-9-7-18)10-12(2)17-16(14)13(11)3/h4-5,10H,6-9H2,1-3H3. The topological polar surface area (TPSA) is 25.4 Å². The molecule has 3 nitrogen and oxygen atoms in total. The molecule has 3 heteroatoms. The molecular formula is C16H20N2O. The number of morpholine rings is 1. The average molecular weight is 256 g/mol. The summed E-state index contributed by atoms with van der Waals surface area (Å²) in [6.45, 7) is 9.93. The molecular weight excluding hydrogens is 236 g/mol. The average Bonchev–Trinajstić information content (AvgIpc) is 2.44. The molecule has 2 aromatic rings. The SMILES string of the molecule is Cc1cc(N2CCOCC2)c2ccc(C)c(C)c2n1. The molecule has 3 rings (SSSR count). The minimum absolute atomic E-state index is 0.813. The minimum atomic E-state index is 0.813. The first-order valence-corrected chi connectivity index (χ1v) is 6.87. The Morgan fingerprint density at radius 1 is 1.11 bits per heavy atom. The number of pyridine rings is 1. The van der Waals surface area contributed by atoms with Crippen LogP contribution in [-0.2, 0) is 4.74 Å². The molecule has 1 aromatic heterocycles. The molecule has 0 spiro atoms. The second-order valence-corrected chi connectivity index (χ2v) is 5.29.